The van der Waals surface area contributed by atoms with Gasteiger partial charge in [-0.1, -0.05) is 0 Å². The molecule has 2 amide bonds. The van der Waals surface area contributed by atoms with Crippen molar-refractivity contribution in [3.05, 3.63) is 0 Å². The van der Waals surface area contributed by atoms with Crippen molar-refractivity contribution in [1.82, 2.24) is 10.2 Å². The largest absolute Gasteiger partial charge is 0.480 e. The number of amides is 2. The number of hydrogen-bond acceptors (Lipinski definition) is 4. The lowest BCUT2D eigenvalue weighted by atomic mass is 9.53. The van der Waals surface area contributed by atoms with Crippen molar-refractivity contribution in [2.45, 2.75) is 56.9 Å². The van der Waals surface area contributed by atoms with Crippen molar-refractivity contribution in [2.24, 2.45) is 23.2 Å². The third-order valence-electron chi connectivity index (χ3n) is 7.10. The van der Waals surface area contributed by atoms with E-state index in [1.165, 1.54) is 24.2 Å². The molecule has 5 aliphatic rings. The molecule has 3 N–H and O–H groups in total. The smallest absolute Gasteiger partial charge is 0.324 e. The van der Waals surface area contributed by atoms with Crippen LogP contribution in [0.4, 0.5) is 0 Å². The number of carboxylic acids is 2. The molecule has 27 heavy (non-hydrogen) atoms. The van der Waals surface area contributed by atoms with Gasteiger partial charge in [-0.05, 0) is 56.3 Å². The molecule has 5 rings (SSSR count). The highest BCUT2D eigenvalue weighted by Crippen LogP contribution is 2.55. The van der Waals surface area contributed by atoms with E-state index in [2.05, 4.69) is 5.32 Å². The van der Waals surface area contributed by atoms with Crippen LogP contribution in [-0.4, -0.2) is 57.5 Å². The van der Waals surface area contributed by atoms with Crippen LogP contribution in [0.15, 0.2) is 0 Å². The lowest BCUT2D eigenvalue weighted by Gasteiger charge is -2.57. The number of aliphatic carboxylic acids is 2. The van der Waals surface area contributed by atoms with Gasteiger partial charge in [0.25, 0.3) is 0 Å². The van der Waals surface area contributed by atoms with Gasteiger partial charge in [0.15, 0.2) is 5.41 Å². The monoisotopic (exact) mass is 378 g/mol. The number of rotatable bonds is 6. The van der Waals surface area contributed by atoms with Crippen LogP contribution in [0.3, 0.4) is 0 Å². The van der Waals surface area contributed by atoms with Crippen LogP contribution in [-0.2, 0) is 19.2 Å². The summed E-state index contributed by atoms with van der Waals surface area (Å²) in [4.78, 5) is 48.1. The lowest BCUT2D eigenvalue weighted by Crippen LogP contribution is -2.66. The topological polar surface area (TPSA) is 124 Å². The van der Waals surface area contributed by atoms with E-state index in [0.29, 0.717) is 0 Å². The van der Waals surface area contributed by atoms with Crippen molar-refractivity contribution >= 4 is 23.8 Å². The van der Waals surface area contributed by atoms with E-state index in [0.717, 1.165) is 37.0 Å². The lowest BCUT2D eigenvalue weighted by molar-refractivity contribution is -0.180. The van der Waals surface area contributed by atoms with E-state index in [4.69, 9.17) is 10.2 Å². The summed E-state index contributed by atoms with van der Waals surface area (Å²) >= 11 is 0. The van der Waals surface area contributed by atoms with Crippen LogP contribution in [0.2, 0.25) is 0 Å². The Bertz CT molecular complexity index is 645. The summed E-state index contributed by atoms with van der Waals surface area (Å²) < 4.78 is 0. The van der Waals surface area contributed by atoms with Gasteiger partial charge in [0.1, 0.15) is 0 Å². The third kappa shape index (κ3) is 3.08. The second-order valence-corrected chi connectivity index (χ2v) is 9.19. The van der Waals surface area contributed by atoms with Crippen LogP contribution in [0, 0.1) is 23.2 Å². The molecule has 0 aromatic carbocycles. The Morgan fingerprint density at radius 1 is 0.852 bits per heavy atom. The summed E-state index contributed by atoms with van der Waals surface area (Å²) in [6.07, 6.45) is 7.05. The molecule has 0 radical (unpaired) electrons. The first-order chi connectivity index (χ1) is 12.7. The first-order valence-corrected chi connectivity index (χ1v) is 9.77. The number of nitrogens with zero attached hydrogens (tertiary/aromatic N) is 1. The molecule has 0 atom stereocenters. The maximum atomic E-state index is 12.4. The first-order valence-electron chi connectivity index (χ1n) is 9.77. The highest BCUT2D eigenvalue weighted by Gasteiger charge is 2.57. The van der Waals surface area contributed by atoms with Crippen molar-refractivity contribution in [2.75, 3.05) is 13.1 Å². The molecule has 4 bridgehead atoms. The van der Waals surface area contributed by atoms with E-state index in [9.17, 15) is 19.2 Å². The van der Waals surface area contributed by atoms with Crippen molar-refractivity contribution < 1.29 is 29.4 Å². The predicted octanol–water partition coefficient (Wildman–Crippen LogP) is 0.849. The Morgan fingerprint density at radius 3 is 1.78 bits per heavy atom. The molecule has 8 nitrogen and oxygen atoms in total. The molecule has 4 aliphatic carbocycles. The average Bonchev–Trinajstić information content (AvgIpc) is 2.49. The highest BCUT2D eigenvalue weighted by molar-refractivity contribution is 6.01. The fraction of sp³-hybridized carbons (Fsp3) is 0.789. The third-order valence-corrected chi connectivity index (χ3v) is 7.10. The zero-order valence-corrected chi connectivity index (χ0v) is 15.3. The Balaban J connectivity index is 1.26. The number of carbonyl (C=O) groups excluding carboxylic acids is 2. The van der Waals surface area contributed by atoms with Gasteiger partial charge in [-0.15, -0.1) is 0 Å². The Hall–Kier alpha value is -2.12. The van der Waals surface area contributed by atoms with Crippen molar-refractivity contribution in [1.29, 1.82) is 0 Å². The van der Waals surface area contributed by atoms with Gasteiger partial charge in [-0.3, -0.25) is 19.2 Å². The molecule has 0 spiro atoms. The minimum atomic E-state index is -1.91. The summed E-state index contributed by atoms with van der Waals surface area (Å²) in [5, 5.41) is 21.4. The van der Waals surface area contributed by atoms with Gasteiger partial charge in [-0.2, -0.15) is 0 Å². The van der Waals surface area contributed by atoms with Gasteiger partial charge >= 0.3 is 11.9 Å². The second kappa shape index (κ2) is 6.21. The summed E-state index contributed by atoms with van der Waals surface area (Å²) in [6, 6.07) is 0. The molecule has 0 aromatic rings. The minimum absolute atomic E-state index is 0.0203. The fourth-order valence-corrected chi connectivity index (χ4v) is 6.14. The average molecular weight is 378 g/mol. The normalized spacial score (nSPS) is 35.4. The van der Waals surface area contributed by atoms with Crippen molar-refractivity contribution in [3.63, 3.8) is 0 Å². The molecule has 5 fully saturated rings. The van der Waals surface area contributed by atoms with Gasteiger partial charge in [0, 0.05) is 31.5 Å². The fourth-order valence-electron chi connectivity index (χ4n) is 6.14. The highest BCUT2D eigenvalue weighted by atomic mass is 16.4. The Kier molecular flexibility index (Phi) is 4.20. The Morgan fingerprint density at radius 2 is 1.33 bits per heavy atom. The number of likely N-dealkylation sites (tertiary alicyclic amines) is 1. The number of hydrogen-bond donors (Lipinski definition) is 3. The molecular weight excluding hydrogens is 352 g/mol. The van der Waals surface area contributed by atoms with Crippen LogP contribution >= 0.6 is 0 Å². The van der Waals surface area contributed by atoms with Crippen LogP contribution in [0.1, 0.15) is 51.4 Å². The maximum Gasteiger partial charge on any atom is 0.324 e. The van der Waals surface area contributed by atoms with E-state index in [1.54, 1.807) is 0 Å². The van der Waals surface area contributed by atoms with Crippen LogP contribution < -0.4 is 5.32 Å². The quantitative estimate of drug-likeness (QED) is 0.589. The molecule has 1 saturated heterocycles. The maximum absolute atomic E-state index is 12.4. The van der Waals surface area contributed by atoms with E-state index in [1.807, 2.05) is 0 Å². The van der Waals surface area contributed by atoms with E-state index < -0.39 is 17.4 Å². The van der Waals surface area contributed by atoms with Crippen LogP contribution in [0.5, 0.6) is 0 Å². The molecule has 0 aromatic heterocycles. The van der Waals surface area contributed by atoms with E-state index in [-0.39, 0.29) is 43.3 Å². The summed E-state index contributed by atoms with van der Waals surface area (Å²) in [5.41, 5.74) is -2.00. The van der Waals surface area contributed by atoms with Gasteiger partial charge in [0.2, 0.25) is 11.8 Å². The number of carboxylic acid groups (broad SMARTS) is 2. The number of carbonyl (C=O) groups is 4. The SMILES string of the molecule is O=C(CCC(=O)N1CC(C(=O)O)(C(=O)O)C1)NC12CC3CC(CC(C3)C1)C2. The van der Waals surface area contributed by atoms with Gasteiger partial charge in [0.05, 0.1) is 0 Å². The molecule has 1 aliphatic heterocycles. The molecule has 148 valence electrons. The summed E-state index contributed by atoms with van der Waals surface area (Å²) in [6.45, 7) is -0.680. The number of nitrogens with one attached hydrogen (secondary N) is 1. The molecule has 1 heterocycles. The van der Waals surface area contributed by atoms with Gasteiger partial charge < -0.3 is 20.4 Å². The second-order valence-electron chi connectivity index (χ2n) is 9.19. The molecule has 0 unspecified atom stereocenters. The Labute approximate surface area is 157 Å². The standard InChI is InChI=1S/C19H26N2O6/c22-14(20-18-6-11-3-12(7-18)5-13(4-11)8-18)1-2-15(23)21-9-19(10-21,16(24)25)17(26)27/h11-13H,1-10H2,(H,20,22)(H,24,25)(H,26,27). The van der Waals surface area contributed by atoms with Crippen molar-refractivity contribution in [3.8, 4) is 0 Å². The van der Waals surface area contributed by atoms with Crippen LogP contribution in [0.25, 0.3) is 0 Å². The van der Waals surface area contributed by atoms with E-state index >= 15 is 0 Å². The molecular formula is C19H26N2O6. The minimum Gasteiger partial charge on any atom is -0.480 e. The predicted molar refractivity (Wildman–Crippen MR) is 92.6 cm³/mol. The zero-order chi connectivity index (χ0) is 19.4. The molecule has 4 saturated carbocycles. The summed E-state index contributed by atoms with van der Waals surface area (Å²) in [7, 11) is 0. The first kappa shape index (κ1) is 18.3. The molecule has 8 heteroatoms. The van der Waals surface area contributed by atoms with Gasteiger partial charge in [-0.25, -0.2) is 0 Å². The summed E-state index contributed by atoms with van der Waals surface area (Å²) in [5.74, 6) is -1.20. The zero-order valence-electron chi connectivity index (χ0n) is 15.3.